The summed E-state index contributed by atoms with van der Waals surface area (Å²) in [4.78, 5) is 25.4. The van der Waals surface area contributed by atoms with Gasteiger partial charge in [0.05, 0.1) is 0 Å². The summed E-state index contributed by atoms with van der Waals surface area (Å²) in [6, 6.07) is 8.73. The third kappa shape index (κ3) is 2.93. The van der Waals surface area contributed by atoms with Crippen molar-refractivity contribution >= 4 is 12.1 Å². The minimum Gasteiger partial charge on any atom is -0.480 e. The van der Waals surface area contributed by atoms with Gasteiger partial charge in [-0.15, -0.1) is 0 Å². The topological polar surface area (TPSA) is 66.8 Å². The zero-order chi connectivity index (χ0) is 15.5. The fourth-order valence-electron chi connectivity index (χ4n) is 3.74. The van der Waals surface area contributed by atoms with Gasteiger partial charge in [-0.1, -0.05) is 43.2 Å². The Bertz CT molecular complexity index is 545. The van der Waals surface area contributed by atoms with Crippen molar-refractivity contribution in [1.82, 2.24) is 4.90 Å². The molecule has 1 aliphatic carbocycles. The van der Waals surface area contributed by atoms with E-state index in [2.05, 4.69) is 0 Å². The SMILES string of the molecule is O=C(O)[C@H]1C[C@H]2CCCC[C@H]2N1C(=O)OCc1ccccc1. The molecule has 118 valence electrons. The molecule has 0 radical (unpaired) electrons. The number of hydrogen-bond donors (Lipinski definition) is 1. The van der Waals surface area contributed by atoms with E-state index in [0.717, 1.165) is 31.2 Å². The summed E-state index contributed by atoms with van der Waals surface area (Å²) < 4.78 is 5.37. The molecule has 1 aromatic carbocycles. The van der Waals surface area contributed by atoms with Crippen molar-refractivity contribution in [3.63, 3.8) is 0 Å². The van der Waals surface area contributed by atoms with E-state index in [4.69, 9.17) is 4.74 Å². The number of hydrogen-bond acceptors (Lipinski definition) is 3. The maximum absolute atomic E-state index is 12.4. The van der Waals surface area contributed by atoms with Crippen LogP contribution >= 0.6 is 0 Å². The number of carbonyl (C=O) groups excluding carboxylic acids is 1. The summed E-state index contributed by atoms with van der Waals surface area (Å²) in [7, 11) is 0. The highest BCUT2D eigenvalue weighted by atomic mass is 16.6. The van der Waals surface area contributed by atoms with Crippen LogP contribution < -0.4 is 0 Å². The second-order valence-corrected chi connectivity index (χ2v) is 6.15. The Morgan fingerprint density at radius 2 is 1.91 bits per heavy atom. The average Bonchev–Trinajstić information content (AvgIpc) is 2.93. The summed E-state index contributed by atoms with van der Waals surface area (Å²) in [5.74, 6) is -0.620. The molecule has 1 aromatic rings. The number of rotatable bonds is 3. The van der Waals surface area contributed by atoms with Crippen molar-refractivity contribution in [2.75, 3.05) is 0 Å². The number of carboxylic acid groups (broad SMARTS) is 1. The molecule has 0 unspecified atom stereocenters. The lowest BCUT2D eigenvalue weighted by atomic mass is 9.85. The van der Waals surface area contributed by atoms with Crippen LogP contribution in [0.2, 0.25) is 0 Å². The van der Waals surface area contributed by atoms with E-state index in [0.29, 0.717) is 12.3 Å². The number of carbonyl (C=O) groups is 2. The van der Waals surface area contributed by atoms with E-state index in [1.54, 1.807) is 0 Å². The molecular formula is C17H21NO4. The Balaban J connectivity index is 1.69. The lowest BCUT2D eigenvalue weighted by molar-refractivity contribution is -0.142. The molecule has 2 aliphatic rings. The Hall–Kier alpha value is -2.04. The fourth-order valence-corrected chi connectivity index (χ4v) is 3.74. The van der Waals surface area contributed by atoms with Crippen molar-refractivity contribution < 1.29 is 19.4 Å². The van der Waals surface area contributed by atoms with Crippen LogP contribution in [0, 0.1) is 5.92 Å². The standard InChI is InChI=1S/C17H21NO4/c19-16(20)15-10-13-8-4-5-9-14(13)18(15)17(21)22-11-12-6-2-1-3-7-12/h1-3,6-7,13-15H,4-5,8-11H2,(H,19,20)/t13-,14-,15-/m1/s1. The minimum absolute atomic E-state index is 0.0260. The van der Waals surface area contributed by atoms with Gasteiger partial charge < -0.3 is 9.84 Å². The molecule has 5 heteroatoms. The van der Waals surface area contributed by atoms with Gasteiger partial charge in [0.1, 0.15) is 12.6 Å². The normalized spacial score (nSPS) is 27.3. The number of ether oxygens (including phenoxy) is 1. The van der Waals surface area contributed by atoms with Crippen molar-refractivity contribution in [2.24, 2.45) is 5.92 Å². The molecule has 3 atom stereocenters. The molecular weight excluding hydrogens is 282 g/mol. The van der Waals surface area contributed by atoms with Gasteiger partial charge in [0.2, 0.25) is 0 Å². The number of carboxylic acids is 1. The van der Waals surface area contributed by atoms with Gasteiger partial charge in [-0.25, -0.2) is 9.59 Å². The van der Waals surface area contributed by atoms with Crippen LogP contribution in [-0.4, -0.2) is 34.2 Å². The van der Waals surface area contributed by atoms with E-state index in [-0.39, 0.29) is 12.6 Å². The largest absolute Gasteiger partial charge is 0.480 e. The fraction of sp³-hybridized carbons (Fsp3) is 0.529. The first-order valence-electron chi connectivity index (χ1n) is 7.88. The number of likely N-dealkylation sites (tertiary alicyclic amines) is 1. The van der Waals surface area contributed by atoms with Crippen molar-refractivity contribution in [2.45, 2.75) is 50.8 Å². The van der Waals surface area contributed by atoms with Crippen LogP contribution in [0.1, 0.15) is 37.7 Å². The van der Waals surface area contributed by atoms with E-state index in [1.165, 1.54) is 4.90 Å². The first kappa shape index (κ1) is 14.9. The summed E-state index contributed by atoms with van der Waals surface area (Å²) >= 11 is 0. The van der Waals surface area contributed by atoms with Crippen LogP contribution in [0.15, 0.2) is 30.3 Å². The van der Waals surface area contributed by atoms with E-state index < -0.39 is 18.1 Å². The Kier molecular flexibility index (Phi) is 4.32. The number of amides is 1. The molecule has 1 aliphatic heterocycles. The maximum atomic E-state index is 12.4. The van der Waals surface area contributed by atoms with Crippen molar-refractivity contribution in [1.29, 1.82) is 0 Å². The van der Waals surface area contributed by atoms with Crippen molar-refractivity contribution in [3.8, 4) is 0 Å². The van der Waals surface area contributed by atoms with Crippen LogP contribution in [0.5, 0.6) is 0 Å². The molecule has 0 spiro atoms. The second kappa shape index (κ2) is 6.38. The van der Waals surface area contributed by atoms with E-state index >= 15 is 0 Å². The van der Waals surface area contributed by atoms with Gasteiger partial charge >= 0.3 is 12.1 Å². The van der Waals surface area contributed by atoms with E-state index in [9.17, 15) is 14.7 Å². The Morgan fingerprint density at radius 3 is 2.64 bits per heavy atom. The van der Waals surface area contributed by atoms with Crippen LogP contribution in [0.25, 0.3) is 0 Å². The molecule has 2 fully saturated rings. The van der Waals surface area contributed by atoms with Gasteiger partial charge in [0, 0.05) is 6.04 Å². The first-order chi connectivity index (χ1) is 10.7. The van der Waals surface area contributed by atoms with Gasteiger partial charge in [0.15, 0.2) is 0 Å². The second-order valence-electron chi connectivity index (χ2n) is 6.15. The summed E-state index contributed by atoms with van der Waals surface area (Å²) in [6.45, 7) is 0.180. The van der Waals surface area contributed by atoms with Crippen LogP contribution in [0.3, 0.4) is 0 Å². The molecule has 22 heavy (non-hydrogen) atoms. The van der Waals surface area contributed by atoms with E-state index in [1.807, 2.05) is 30.3 Å². The lowest BCUT2D eigenvalue weighted by Gasteiger charge is -2.32. The molecule has 3 rings (SSSR count). The maximum Gasteiger partial charge on any atom is 0.411 e. The summed E-state index contributed by atoms with van der Waals surface area (Å²) in [5.41, 5.74) is 0.905. The van der Waals surface area contributed by atoms with Gasteiger partial charge in [0.25, 0.3) is 0 Å². The first-order valence-corrected chi connectivity index (χ1v) is 7.88. The monoisotopic (exact) mass is 303 g/mol. The van der Waals surface area contributed by atoms with Crippen LogP contribution in [0.4, 0.5) is 4.79 Å². The third-order valence-corrected chi connectivity index (χ3v) is 4.79. The predicted octanol–water partition coefficient (Wildman–Crippen LogP) is 3.04. The summed E-state index contributed by atoms with van der Waals surface area (Å²) in [5, 5.41) is 9.42. The minimum atomic E-state index is -0.925. The van der Waals surface area contributed by atoms with Gasteiger partial charge in [-0.05, 0) is 30.7 Å². The quantitative estimate of drug-likeness (QED) is 0.932. The number of aliphatic carboxylic acids is 1. The molecule has 1 saturated heterocycles. The average molecular weight is 303 g/mol. The smallest absolute Gasteiger partial charge is 0.411 e. The highest BCUT2D eigenvalue weighted by Crippen LogP contribution is 2.40. The predicted molar refractivity (Wildman–Crippen MR) is 80.3 cm³/mol. The Labute approximate surface area is 129 Å². The Morgan fingerprint density at radius 1 is 1.18 bits per heavy atom. The highest BCUT2D eigenvalue weighted by molar-refractivity contribution is 5.81. The van der Waals surface area contributed by atoms with Crippen LogP contribution in [-0.2, 0) is 16.1 Å². The molecule has 1 amide bonds. The molecule has 1 saturated carbocycles. The zero-order valence-electron chi connectivity index (χ0n) is 12.5. The number of nitrogens with zero attached hydrogens (tertiary/aromatic N) is 1. The third-order valence-electron chi connectivity index (χ3n) is 4.79. The molecule has 1 N–H and O–H groups in total. The summed E-state index contributed by atoms with van der Waals surface area (Å²) in [6.07, 6.45) is 4.13. The molecule has 1 heterocycles. The molecule has 0 aromatic heterocycles. The number of benzene rings is 1. The van der Waals surface area contributed by atoms with Gasteiger partial charge in [-0.2, -0.15) is 0 Å². The highest BCUT2D eigenvalue weighted by Gasteiger charge is 2.48. The lowest BCUT2D eigenvalue weighted by Crippen LogP contribution is -2.46. The molecule has 0 bridgehead atoms. The zero-order valence-corrected chi connectivity index (χ0v) is 12.5. The van der Waals surface area contributed by atoms with Gasteiger partial charge in [-0.3, -0.25) is 4.90 Å². The molecule has 5 nitrogen and oxygen atoms in total. The number of fused-ring (bicyclic) bond motifs is 1. The van der Waals surface area contributed by atoms with Crippen molar-refractivity contribution in [3.05, 3.63) is 35.9 Å².